The summed E-state index contributed by atoms with van der Waals surface area (Å²) >= 11 is 0. The third-order valence-corrected chi connectivity index (χ3v) is 3.38. The lowest BCUT2D eigenvalue weighted by Crippen LogP contribution is -2.29. The first-order valence-corrected chi connectivity index (χ1v) is 5.59. The molecule has 1 saturated heterocycles. The van der Waals surface area contributed by atoms with Crippen molar-refractivity contribution >= 4 is 0 Å². The van der Waals surface area contributed by atoms with Crippen molar-refractivity contribution in [1.82, 2.24) is 4.90 Å². The topological polar surface area (TPSA) is 3.24 Å². The van der Waals surface area contributed by atoms with Crippen molar-refractivity contribution in [3.05, 3.63) is 35.9 Å². The van der Waals surface area contributed by atoms with Crippen LogP contribution in [0.15, 0.2) is 30.3 Å². The number of hydrogen-bond acceptors (Lipinski definition) is 1. The molecule has 0 aliphatic carbocycles. The van der Waals surface area contributed by atoms with Crippen LogP contribution in [0.5, 0.6) is 0 Å². The minimum absolute atomic E-state index is 0.577. The second-order valence-electron chi connectivity index (χ2n) is 4.32. The average Bonchev–Trinajstić information content (AvgIpc) is 2.65. The van der Waals surface area contributed by atoms with Gasteiger partial charge < -0.3 is 0 Å². The van der Waals surface area contributed by atoms with Crippen LogP contribution in [0.3, 0.4) is 0 Å². The van der Waals surface area contributed by atoms with Crippen molar-refractivity contribution in [2.24, 2.45) is 0 Å². The van der Waals surface area contributed by atoms with Crippen molar-refractivity contribution < 1.29 is 0 Å². The Morgan fingerprint density at radius 1 is 1.29 bits per heavy atom. The SMILES string of the molecule is CC1CCCN1C(C)c1ccccc1. The molecule has 14 heavy (non-hydrogen) atoms. The largest absolute Gasteiger partial charge is 0.294 e. The van der Waals surface area contributed by atoms with Gasteiger partial charge in [-0.25, -0.2) is 0 Å². The molecule has 1 nitrogen and oxygen atoms in total. The molecule has 0 spiro atoms. The van der Waals surface area contributed by atoms with Crippen LogP contribution in [0.25, 0.3) is 0 Å². The standard InChI is InChI=1S/C13H19N/c1-11-7-6-10-14(11)12(2)13-8-4-3-5-9-13/h3-5,8-9,11-12H,6-7,10H2,1-2H3. The second-order valence-corrected chi connectivity index (χ2v) is 4.32. The van der Waals surface area contributed by atoms with Crippen LogP contribution >= 0.6 is 0 Å². The molecule has 76 valence electrons. The number of nitrogens with zero attached hydrogens (tertiary/aromatic N) is 1. The molecule has 1 aliphatic heterocycles. The zero-order chi connectivity index (χ0) is 9.97. The van der Waals surface area contributed by atoms with E-state index in [0.29, 0.717) is 6.04 Å². The van der Waals surface area contributed by atoms with Crippen LogP contribution in [0.2, 0.25) is 0 Å². The summed E-state index contributed by atoms with van der Waals surface area (Å²) in [6.07, 6.45) is 2.72. The van der Waals surface area contributed by atoms with Crippen molar-refractivity contribution in [2.75, 3.05) is 6.54 Å². The normalized spacial score (nSPS) is 25.1. The fourth-order valence-corrected chi connectivity index (χ4v) is 2.45. The molecule has 0 radical (unpaired) electrons. The third-order valence-electron chi connectivity index (χ3n) is 3.38. The summed E-state index contributed by atoms with van der Waals surface area (Å²) in [5, 5.41) is 0. The van der Waals surface area contributed by atoms with Crippen molar-refractivity contribution in [3.8, 4) is 0 Å². The van der Waals surface area contributed by atoms with E-state index in [4.69, 9.17) is 0 Å². The highest BCUT2D eigenvalue weighted by Gasteiger charge is 2.25. The van der Waals surface area contributed by atoms with Crippen LogP contribution in [-0.4, -0.2) is 17.5 Å². The molecular weight excluding hydrogens is 170 g/mol. The molecule has 0 N–H and O–H groups in total. The molecule has 2 atom stereocenters. The predicted octanol–water partition coefficient (Wildman–Crippen LogP) is 3.23. The van der Waals surface area contributed by atoms with Gasteiger partial charge in [-0.2, -0.15) is 0 Å². The number of rotatable bonds is 2. The Balaban J connectivity index is 2.12. The van der Waals surface area contributed by atoms with Gasteiger partial charge in [0.05, 0.1) is 0 Å². The number of benzene rings is 1. The maximum absolute atomic E-state index is 2.61. The summed E-state index contributed by atoms with van der Waals surface area (Å²) in [6.45, 7) is 5.92. The lowest BCUT2D eigenvalue weighted by molar-refractivity contribution is 0.204. The molecule has 0 saturated carbocycles. The van der Waals surface area contributed by atoms with E-state index in [9.17, 15) is 0 Å². The van der Waals surface area contributed by atoms with E-state index in [1.807, 2.05) is 0 Å². The maximum Gasteiger partial charge on any atom is 0.0322 e. The zero-order valence-corrected chi connectivity index (χ0v) is 9.11. The smallest absolute Gasteiger partial charge is 0.0322 e. The quantitative estimate of drug-likeness (QED) is 0.690. The van der Waals surface area contributed by atoms with Crippen LogP contribution < -0.4 is 0 Å². The van der Waals surface area contributed by atoms with Gasteiger partial charge in [-0.1, -0.05) is 30.3 Å². The first-order valence-electron chi connectivity index (χ1n) is 5.59. The summed E-state index contributed by atoms with van der Waals surface area (Å²) in [5.74, 6) is 0. The average molecular weight is 189 g/mol. The molecular formula is C13H19N. The third kappa shape index (κ3) is 1.83. The Kier molecular flexibility index (Phi) is 2.87. The van der Waals surface area contributed by atoms with E-state index in [0.717, 1.165) is 6.04 Å². The Morgan fingerprint density at radius 2 is 2.00 bits per heavy atom. The van der Waals surface area contributed by atoms with Gasteiger partial charge in [-0.3, -0.25) is 4.90 Å². The van der Waals surface area contributed by atoms with E-state index in [2.05, 4.69) is 49.1 Å². The zero-order valence-electron chi connectivity index (χ0n) is 9.11. The molecule has 1 fully saturated rings. The minimum Gasteiger partial charge on any atom is -0.294 e. The van der Waals surface area contributed by atoms with Gasteiger partial charge in [0, 0.05) is 12.1 Å². The number of hydrogen-bond donors (Lipinski definition) is 0. The Morgan fingerprint density at radius 3 is 2.57 bits per heavy atom. The van der Waals surface area contributed by atoms with Gasteiger partial charge in [-0.05, 0) is 38.8 Å². The molecule has 2 unspecified atom stereocenters. The molecule has 0 amide bonds. The van der Waals surface area contributed by atoms with Crippen LogP contribution in [0, 0.1) is 0 Å². The summed E-state index contributed by atoms with van der Waals surface area (Å²) in [5.41, 5.74) is 1.45. The second kappa shape index (κ2) is 4.14. The molecule has 1 aromatic rings. The highest BCUT2D eigenvalue weighted by atomic mass is 15.2. The maximum atomic E-state index is 2.61. The van der Waals surface area contributed by atoms with E-state index in [1.54, 1.807) is 0 Å². The van der Waals surface area contributed by atoms with E-state index < -0.39 is 0 Å². The van der Waals surface area contributed by atoms with Gasteiger partial charge in [-0.15, -0.1) is 0 Å². The van der Waals surface area contributed by atoms with Gasteiger partial charge in [0.15, 0.2) is 0 Å². The summed E-state index contributed by atoms with van der Waals surface area (Å²) in [6, 6.07) is 12.1. The molecule has 1 aromatic carbocycles. The van der Waals surface area contributed by atoms with Crippen LogP contribution in [0.1, 0.15) is 38.3 Å². The van der Waals surface area contributed by atoms with E-state index >= 15 is 0 Å². The lowest BCUT2D eigenvalue weighted by Gasteiger charge is -2.28. The van der Waals surface area contributed by atoms with Crippen LogP contribution in [-0.2, 0) is 0 Å². The Labute approximate surface area is 86.7 Å². The summed E-state index contributed by atoms with van der Waals surface area (Å²) in [7, 11) is 0. The fraction of sp³-hybridized carbons (Fsp3) is 0.538. The number of likely N-dealkylation sites (tertiary alicyclic amines) is 1. The van der Waals surface area contributed by atoms with Crippen molar-refractivity contribution in [2.45, 2.75) is 38.8 Å². The van der Waals surface area contributed by atoms with Gasteiger partial charge in [0.25, 0.3) is 0 Å². The molecule has 0 bridgehead atoms. The van der Waals surface area contributed by atoms with Crippen molar-refractivity contribution in [3.63, 3.8) is 0 Å². The predicted molar refractivity (Wildman–Crippen MR) is 60.3 cm³/mol. The van der Waals surface area contributed by atoms with Gasteiger partial charge in [0.2, 0.25) is 0 Å². The monoisotopic (exact) mass is 189 g/mol. The minimum atomic E-state index is 0.577. The first kappa shape index (κ1) is 9.72. The molecule has 1 heteroatoms. The Bertz CT molecular complexity index is 281. The summed E-state index contributed by atoms with van der Waals surface area (Å²) < 4.78 is 0. The summed E-state index contributed by atoms with van der Waals surface area (Å²) in [4.78, 5) is 2.61. The molecule has 0 aromatic heterocycles. The van der Waals surface area contributed by atoms with Gasteiger partial charge >= 0.3 is 0 Å². The van der Waals surface area contributed by atoms with Gasteiger partial charge in [0.1, 0.15) is 0 Å². The van der Waals surface area contributed by atoms with E-state index in [1.165, 1.54) is 24.9 Å². The molecule has 2 rings (SSSR count). The molecule has 1 aliphatic rings. The lowest BCUT2D eigenvalue weighted by atomic mass is 10.1. The van der Waals surface area contributed by atoms with Crippen LogP contribution in [0.4, 0.5) is 0 Å². The highest BCUT2D eigenvalue weighted by molar-refractivity contribution is 5.18. The Hall–Kier alpha value is -0.820. The first-order chi connectivity index (χ1) is 6.79. The van der Waals surface area contributed by atoms with Crippen molar-refractivity contribution in [1.29, 1.82) is 0 Å². The highest BCUT2D eigenvalue weighted by Crippen LogP contribution is 2.28. The van der Waals surface area contributed by atoms with E-state index in [-0.39, 0.29) is 0 Å². The fourth-order valence-electron chi connectivity index (χ4n) is 2.45. The molecule has 1 heterocycles.